The maximum absolute atomic E-state index is 13.8. The molecule has 2 heterocycles. The van der Waals surface area contributed by atoms with Crippen LogP contribution >= 0.6 is 11.3 Å². The van der Waals surface area contributed by atoms with E-state index in [1.54, 1.807) is 0 Å². The SMILES string of the molecule is Cc1ccc(NC(=O)c2nnc([C@@H]3CCCN(C(=O)Nc4cc(F)ccc4F)C3)s2)cc1. The monoisotopic (exact) mass is 457 g/mol. The molecule has 1 fully saturated rings. The normalized spacial score (nSPS) is 16.0. The van der Waals surface area contributed by atoms with Gasteiger partial charge in [-0.1, -0.05) is 29.0 Å². The summed E-state index contributed by atoms with van der Waals surface area (Å²) < 4.78 is 27.2. The third kappa shape index (κ3) is 5.08. The van der Waals surface area contributed by atoms with E-state index >= 15 is 0 Å². The average molecular weight is 458 g/mol. The third-order valence-corrected chi connectivity index (χ3v) is 6.26. The molecule has 0 bridgehead atoms. The lowest BCUT2D eigenvalue weighted by Crippen LogP contribution is -2.41. The quantitative estimate of drug-likeness (QED) is 0.590. The number of nitrogens with zero attached hydrogens (tertiary/aromatic N) is 3. The molecular formula is C22H21F2N5O2S. The summed E-state index contributed by atoms with van der Waals surface area (Å²) in [5.41, 5.74) is 1.55. The van der Waals surface area contributed by atoms with Crippen LogP contribution in [0.1, 0.15) is 39.1 Å². The minimum Gasteiger partial charge on any atom is -0.324 e. The van der Waals surface area contributed by atoms with Gasteiger partial charge in [0.1, 0.15) is 16.6 Å². The van der Waals surface area contributed by atoms with E-state index in [1.807, 2.05) is 31.2 Å². The Morgan fingerprint density at radius 2 is 1.88 bits per heavy atom. The summed E-state index contributed by atoms with van der Waals surface area (Å²) in [5.74, 6) is -1.78. The maximum atomic E-state index is 13.8. The van der Waals surface area contributed by atoms with Crippen LogP contribution in [0.4, 0.5) is 25.0 Å². The fourth-order valence-corrected chi connectivity index (χ4v) is 4.33. The first kappa shape index (κ1) is 21.8. The fraction of sp³-hybridized carbons (Fsp3) is 0.273. The molecule has 2 N–H and O–H groups in total. The lowest BCUT2D eigenvalue weighted by atomic mass is 9.99. The Morgan fingerprint density at radius 1 is 1.09 bits per heavy atom. The molecule has 0 unspecified atom stereocenters. The Labute approximate surface area is 187 Å². The smallest absolute Gasteiger partial charge is 0.321 e. The van der Waals surface area contributed by atoms with Crippen LogP contribution in [-0.4, -0.2) is 40.1 Å². The average Bonchev–Trinajstić information content (AvgIpc) is 3.28. The number of carbonyl (C=O) groups is 2. The summed E-state index contributed by atoms with van der Waals surface area (Å²) in [4.78, 5) is 26.6. The van der Waals surface area contributed by atoms with Crippen molar-refractivity contribution in [2.45, 2.75) is 25.7 Å². The van der Waals surface area contributed by atoms with Crippen LogP contribution in [0.25, 0.3) is 0 Å². The molecule has 1 aromatic heterocycles. The minimum absolute atomic E-state index is 0.0923. The van der Waals surface area contributed by atoms with E-state index in [-0.39, 0.29) is 22.5 Å². The molecule has 2 aromatic carbocycles. The van der Waals surface area contributed by atoms with Gasteiger partial charge < -0.3 is 15.5 Å². The molecule has 1 aliphatic heterocycles. The number of likely N-dealkylation sites (tertiary alicyclic amines) is 1. The molecule has 7 nitrogen and oxygen atoms in total. The predicted molar refractivity (Wildman–Crippen MR) is 118 cm³/mol. The van der Waals surface area contributed by atoms with Crippen LogP contribution in [0, 0.1) is 18.6 Å². The largest absolute Gasteiger partial charge is 0.324 e. The number of urea groups is 1. The second-order valence-corrected chi connectivity index (χ2v) is 8.61. The van der Waals surface area contributed by atoms with Gasteiger partial charge in [-0.2, -0.15) is 0 Å². The van der Waals surface area contributed by atoms with Crippen molar-refractivity contribution in [3.8, 4) is 0 Å². The highest BCUT2D eigenvalue weighted by Gasteiger charge is 2.28. The number of amides is 3. The van der Waals surface area contributed by atoms with Gasteiger partial charge in [-0.15, -0.1) is 10.2 Å². The number of carbonyl (C=O) groups excluding carboxylic acids is 2. The van der Waals surface area contributed by atoms with Crippen molar-refractivity contribution >= 4 is 34.6 Å². The van der Waals surface area contributed by atoms with Gasteiger partial charge in [0, 0.05) is 30.8 Å². The molecule has 0 aliphatic carbocycles. The summed E-state index contributed by atoms with van der Waals surface area (Å²) in [6, 6.07) is 9.82. The van der Waals surface area contributed by atoms with Gasteiger partial charge in [-0.3, -0.25) is 4.79 Å². The summed E-state index contributed by atoms with van der Waals surface area (Å²) in [6.45, 7) is 2.79. The van der Waals surface area contributed by atoms with Crippen molar-refractivity contribution in [1.29, 1.82) is 0 Å². The predicted octanol–water partition coefficient (Wildman–Crippen LogP) is 4.79. The minimum atomic E-state index is -0.707. The molecule has 0 saturated carbocycles. The Kier molecular flexibility index (Phi) is 6.40. The van der Waals surface area contributed by atoms with Crippen molar-refractivity contribution in [1.82, 2.24) is 15.1 Å². The van der Waals surface area contributed by atoms with Crippen LogP contribution in [0.2, 0.25) is 0 Å². The third-order valence-electron chi connectivity index (χ3n) is 5.17. The van der Waals surface area contributed by atoms with Crippen molar-refractivity contribution in [3.05, 3.63) is 69.7 Å². The Balaban J connectivity index is 1.39. The van der Waals surface area contributed by atoms with E-state index in [9.17, 15) is 18.4 Å². The number of hydrogen-bond donors (Lipinski definition) is 2. The van der Waals surface area contributed by atoms with E-state index in [0.717, 1.165) is 30.2 Å². The number of aryl methyl sites for hydroxylation is 1. The van der Waals surface area contributed by atoms with Crippen molar-refractivity contribution in [2.75, 3.05) is 23.7 Å². The Morgan fingerprint density at radius 3 is 2.66 bits per heavy atom. The molecule has 166 valence electrons. The van der Waals surface area contributed by atoms with E-state index < -0.39 is 17.7 Å². The topological polar surface area (TPSA) is 87.2 Å². The lowest BCUT2D eigenvalue weighted by molar-refractivity contribution is 0.102. The van der Waals surface area contributed by atoms with Crippen LogP contribution in [0.5, 0.6) is 0 Å². The molecule has 1 aliphatic rings. The zero-order valence-electron chi connectivity index (χ0n) is 17.3. The van der Waals surface area contributed by atoms with Crippen LogP contribution < -0.4 is 10.6 Å². The Bertz CT molecular complexity index is 1140. The number of rotatable bonds is 4. The zero-order valence-corrected chi connectivity index (χ0v) is 18.1. The molecule has 1 atom stereocenters. The highest BCUT2D eigenvalue weighted by atomic mass is 32.1. The van der Waals surface area contributed by atoms with Crippen LogP contribution in [0.15, 0.2) is 42.5 Å². The van der Waals surface area contributed by atoms with Gasteiger partial charge in [0.2, 0.25) is 5.01 Å². The number of benzene rings is 2. The van der Waals surface area contributed by atoms with Crippen molar-refractivity contribution < 1.29 is 18.4 Å². The van der Waals surface area contributed by atoms with Gasteiger partial charge in [0.25, 0.3) is 5.91 Å². The second kappa shape index (κ2) is 9.39. The number of aromatic nitrogens is 2. The number of hydrogen-bond acceptors (Lipinski definition) is 5. The summed E-state index contributed by atoms with van der Waals surface area (Å²) in [5, 5.41) is 14.3. The first-order valence-electron chi connectivity index (χ1n) is 10.1. The maximum Gasteiger partial charge on any atom is 0.321 e. The highest BCUT2D eigenvalue weighted by Crippen LogP contribution is 2.30. The van der Waals surface area contributed by atoms with E-state index in [1.165, 1.54) is 16.2 Å². The molecule has 10 heteroatoms. The summed E-state index contributed by atoms with van der Waals surface area (Å²) >= 11 is 1.19. The lowest BCUT2D eigenvalue weighted by Gasteiger charge is -2.31. The highest BCUT2D eigenvalue weighted by molar-refractivity contribution is 7.13. The van der Waals surface area contributed by atoms with Gasteiger partial charge in [0.15, 0.2) is 0 Å². The molecule has 0 radical (unpaired) electrons. The summed E-state index contributed by atoms with van der Waals surface area (Å²) in [7, 11) is 0. The fourth-order valence-electron chi connectivity index (χ4n) is 3.46. The van der Waals surface area contributed by atoms with Crippen molar-refractivity contribution in [2.24, 2.45) is 0 Å². The van der Waals surface area contributed by atoms with E-state index in [0.29, 0.717) is 30.2 Å². The van der Waals surface area contributed by atoms with Crippen LogP contribution in [0.3, 0.4) is 0 Å². The first-order valence-corrected chi connectivity index (χ1v) is 10.9. The van der Waals surface area contributed by atoms with Gasteiger partial charge >= 0.3 is 6.03 Å². The first-order chi connectivity index (χ1) is 15.4. The van der Waals surface area contributed by atoms with E-state index in [2.05, 4.69) is 20.8 Å². The zero-order chi connectivity index (χ0) is 22.7. The number of nitrogens with one attached hydrogen (secondary N) is 2. The van der Waals surface area contributed by atoms with Gasteiger partial charge in [0.05, 0.1) is 5.69 Å². The molecule has 3 aromatic rings. The van der Waals surface area contributed by atoms with Gasteiger partial charge in [-0.25, -0.2) is 13.6 Å². The molecule has 1 saturated heterocycles. The van der Waals surface area contributed by atoms with Crippen LogP contribution in [-0.2, 0) is 0 Å². The Hall–Kier alpha value is -3.40. The number of anilines is 2. The standard InChI is InChI=1S/C22H21F2N5O2S/c1-13-4-7-16(8-5-13)25-19(30)21-28-27-20(32-21)14-3-2-10-29(12-14)22(31)26-18-11-15(23)6-9-17(18)24/h4-9,11,14H,2-3,10,12H2,1H3,(H,25,30)(H,26,31)/t14-/m1/s1. The van der Waals surface area contributed by atoms with Gasteiger partial charge in [-0.05, 0) is 44.0 Å². The summed E-state index contributed by atoms with van der Waals surface area (Å²) in [6.07, 6.45) is 1.50. The molecular weight excluding hydrogens is 436 g/mol. The van der Waals surface area contributed by atoms with Crippen molar-refractivity contribution in [3.63, 3.8) is 0 Å². The van der Waals surface area contributed by atoms with E-state index in [4.69, 9.17) is 0 Å². The molecule has 4 rings (SSSR count). The number of piperidine rings is 1. The molecule has 32 heavy (non-hydrogen) atoms. The molecule has 3 amide bonds. The second-order valence-electron chi connectivity index (χ2n) is 7.61. The molecule has 0 spiro atoms. The number of halogens is 2.